The molecule has 19 heavy (non-hydrogen) atoms. The van der Waals surface area contributed by atoms with E-state index in [1.807, 2.05) is 6.07 Å². The van der Waals surface area contributed by atoms with E-state index in [1.54, 1.807) is 0 Å². The van der Waals surface area contributed by atoms with Gasteiger partial charge in [-0.3, -0.25) is 4.90 Å². The maximum Gasteiger partial charge on any atom is 0.0854 e. The molecule has 0 spiro atoms. The molecule has 1 aliphatic rings. The van der Waals surface area contributed by atoms with Gasteiger partial charge in [0.25, 0.3) is 0 Å². The van der Waals surface area contributed by atoms with Gasteiger partial charge >= 0.3 is 0 Å². The summed E-state index contributed by atoms with van der Waals surface area (Å²) < 4.78 is 0. The Bertz CT molecular complexity index is 418. The maximum absolute atomic E-state index is 10.5. The lowest BCUT2D eigenvalue weighted by atomic mass is 9.93. The molecule has 1 fully saturated rings. The fraction of sp³-hybridized carbons (Fsp3) is 0.529. The Morgan fingerprint density at radius 3 is 2.53 bits per heavy atom. The minimum atomic E-state index is -0.520. The third kappa shape index (κ3) is 3.92. The van der Waals surface area contributed by atoms with Crippen molar-refractivity contribution in [2.75, 3.05) is 13.6 Å². The molecule has 104 valence electrons. The van der Waals surface area contributed by atoms with Gasteiger partial charge in [0.15, 0.2) is 0 Å². The Morgan fingerprint density at radius 2 is 1.89 bits per heavy atom. The molecule has 1 N–H and O–H groups in total. The molecule has 0 radical (unpaired) electrons. The topological polar surface area (TPSA) is 23.5 Å². The molecule has 0 unspecified atom stereocenters. The second kappa shape index (κ2) is 6.36. The minimum absolute atomic E-state index is 0.520. The van der Waals surface area contributed by atoms with E-state index in [2.05, 4.69) is 49.2 Å². The Kier molecular flexibility index (Phi) is 4.78. The van der Waals surface area contributed by atoms with Crippen LogP contribution in [0.2, 0.25) is 0 Å². The van der Waals surface area contributed by atoms with E-state index >= 15 is 0 Å². The van der Waals surface area contributed by atoms with Crippen LogP contribution in [0.5, 0.6) is 0 Å². The van der Waals surface area contributed by atoms with Gasteiger partial charge in [-0.1, -0.05) is 49.2 Å². The molecule has 1 aliphatic carbocycles. The van der Waals surface area contributed by atoms with E-state index in [9.17, 15) is 5.11 Å². The van der Waals surface area contributed by atoms with Gasteiger partial charge in [0.2, 0.25) is 0 Å². The average molecular weight is 259 g/mol. The molecule has 0 heterocycles. The van der Waals surface area contributed by atoms with Gasteiger partial charge in [0.1, 0.15) is 0 Å². The summed E-state index contributed by atoms with van der Waals surface area (Å²) in [6, 6.07) is 10.5. The third-order valence-electron chi connectivity index (χ3n) is 4.17. The molecule has 1 saturated carbocycles. The van der Waals surface area contributed by atoms with E-state index in [-0.39, 0.29) is 0 Å². The number of nitrogens with zero attached hydrogens (tertiary/aromatic N) is 1. The van der Waals surface area contributed by atoms with Crippen LogP contribution in [0.1, 0.15) is 38.2 Å². The van der Waals surface area contributed by atoms with Crippen molar-refractivity contribution >= 4 is 0 Å². The fourth-order valence-electron chi connectivity index (χ4n) is 2.80. The highest BCUT2D eigenvalue weighted by atomic mass is 16.3. The smallest absolute Gasteiger partial charge is 0.0854 e. The van der Waals surface area contributed by atoms with Gasteiger partial charge in [0, 0.05) is 13.1 Å². The Morgan fingerprint density at radius 1 is 1.26 bits per heavy atom. The fourth-order valence-corrected chi connectivity index (χ4v) is 2.80. The van der Waals surface area contributed by atoms with E-state index < -0.39 is 5.60 Å². The molecule has 0 aliphatic heterocycles. The zero-order valence-corrected chi connectivity index (χ0v) is 12.1. The van der Waals surface area contributed by atoms with Crippen molar-refractivity contribution in [2.45, 2.75) is 44.8 Å². The normalized spacial score (nSPS) is 19.1. The molecule has 0 amide bonds. The first-order valence-electron chi connectivity index (χ1n) is 7.22. The molecular formula is C17H25NO. The van der Waals surface area contributed by atoms with Crippen LogP contribution >= 0.6 is 0 Å². The summed E-state index contributed by atoms with van der Waals surface area (Å²) in [7, 11) is 2.12. The van der Waals surface area contributed by atoms with Crippen LogP contribution in [0.4, 0.5) is 0 Å². The summed E-state index contributed by atoms with van der Waals surface area (Å²) in [5.74, 6) is 0. The molecule has 2 nitrogen and oxygen atoms in total. The van der Waals surface area contributed by atoms with Crippen molar-refractivity contribution in [3.63, 3.8) is 0 Å². The molecule has 1 aromatic carbocycles. The van der Waals surface area contributed by atoms with Crippen molar-refractivity contribution in [3.05, 3.63) is 47.5 Å². The summed E-state index contributed by atoms with van der Waals surface area (Å²) in [4.78, 5) is 2.27. The largest absolute Gasteiger partial charge is 0.386 e. The van der Waals surface area contributed by atoms with Crippen molar-refractivity contribution in [1.29, 1.82) is 0 Å². The summed E-state index contributed by atoms with van der Waals surface area (Å²) in [6.07, 6.45) is 6.35. The van der Waals surface area contributed by atoms with Gasteiger partial charge in [-0.15, -0.1) is 0 Å². The van der Waals surface area contributed by atoms with Gasteiger partial charge < -0.3 is 5.11 Å². The Hall–Kier alpha value is -1.12. The van der Waals surface area contributed by atoms with E-state index in [1.165, 1.54) is 5.56 Å². The quantitative estimate of drug-likeness (QED) is 0.820. The zero-order valence-electron chi connectivity index (χ0n) is 12.1. The number of hydrogen-bond donors (Lipinski definition) is 1. The first-order chi connectivity index (χ1) is 9.10. The van der Waals surface area contributed by atoms with Crippen LogP contribution in [0, 0.1) is 0 Å². The molecule has 0 bridgehead atoms. The molecule has 1 aromatic rings. The highest BCUT2D eigenvalue weighted by Crippen LogP contribution is 2.35. The second-order valence-corrected chi connectivity index (χ2v) is 5.81. The van der Waals surface area contributed by atoms with Crippen LogP contribution in [0.15, 0.2) is 42.0 Å². The van der Waals surface area contributed by atoms with Crippen molar-refractivity contribution in [1.82, 2.24) is 4.90 Å². The lowest BCUT2D eigenvalue weighted by Crippen LogP contribution is -2.27. The number of likely N-dealkylation sites (N-methyl/N-ethyl adjacent to an activating group) is 1. The average Bonchev–Trinajstić information content (AvgIpc) is 2.85. The molecule has 0 atom stereocenters. The van der Waals surface area contributed by atoms with Crippen LogP contribution in [0.25, 0.3) is 0 Å². The van der Waals surface area contributed by atoms with Gasteiger partial charge in [0.05, 0.1) is 5.60 Å². The van der Waals surface area contributed by atoms with Crippen LogP contribution in [-0.4, -0.2) is 29.2 Å². The summed E-state index contributed by atoms with van der Waals surface area (Å²) in [5, 5.41) is 10.5. The first-order valence-corrected chi connectivity index (χ1v) is 7.22. The Balaban J connectivity index is 1.87. The van der Waals surface area contributed by atoms with Gasteiger partial charge in [-0.2, -0.15) is 0 Å². The van der Waals surface area contributed by atoms with Crippen LogP contribution in [0.3, 0.4) is 0 Å². The van der Waals surface area contributed by atoms with Crippen LogP contribution < -0.4 is 0 Å². The molecule has 0 saturated heterocycles. The zero-order chi connectivity index (χ0) is 13.7. The SMILES string of the molecule is C/C(=C/CN(C)Cc1ccccc1)C1(O)CCCC1. The lowest BCUT2D eigenvalue weighted by Gasteiger charge is -2.24. The summed E-state index contributed by atoms with van der Waals surface area (Å²) in [6.45, 7) is 3.91. The highest BCUT2D eigenvalue weighted by molar-refractivity contribution is 5.17. The standard InChI is InChI=1S/C17H25NO/c1-15(17(19)11-6-7-12-17)10-13-18(2)14-16-8-4-3-5-9-16/h3-5,8-10,19H,6-7,11-14H2,1-2H3/b15-10-. The van der Waals surface area contributed by atoms with Crippen molar-refractivity contribution in [3.8, 4) is 0 Å². The van der Waals surface area contributed by atoms with E-state index in [4.69, 9.17) is 0 Å². The molecule has 2 heteroatoms. The van der Waals surface area contributed by atoms with Crippen LogP contribution in [-0.2, 0) is 6.54 Å². The highest BCUT2D eigenvalue weighted by Gasteiger charge is 2.32. The number of benzene rings is 1. The number of aliphatic hydroxyl groups is 1. The lowest BCUT2D eigenvalue weighted by molar-refractivity contribution is 0.0857. The summed E-state index contributed by atoms with van der Waals surface area (Å²) in [5.41, 5.74) is 1.95. The monoisotopic (exact) mass is 259 g/mol. The van der Waals surface area contributed by atoms with E-state index in [0.717, 1.165) is 44.3 Å². The first kappa shape index (κ1) is 14.3. The summed E-state index contributed by atoms with van der Waals surface area (Å²) >= 11 is 0. The van der Waals surface area contributed by atoms with Crippen molar-refractivity contribution < 1.29 is 5.11 Å². The van der Waals surface area contributed by atoms with E-state index in [0.29, 0.717) is 0 Å². The minimum Gasteiger partial charge on any atom is -0.386 e. The Labute approximate surface area is 116 Å². The third-order valence-corrected chi connectivity index (χ3v) is 4.17. The number of hydrogen-bond acceptors (Lipinski definition) is 2. The second-order valence-electron chi connectivity index (χ2n) is 5.81. The van der Waals surface area contributed by atoms with Gasteiger partial charge in [-0.05, 0) is 37.9 Å². The van der Waals surface area contributed by atoms with Gasteiger partial charge in [-0.25, -0.2) is 0 Å². The predicted molar refractivity (Wildman–Crippen MR) is 80.0 cm³/mol. The number of rotatable bonds is 5. The maximum atomic E-state index is 10.5. The molecule has 2 rings (SSSR count). The predicted octanol–water partition coefficient (Wildman–Crippen LogP) is 3.37. The van der Waals surface area contributed by atoms with Crippen molar-refractivity contribution in [2.24, 2.45) is 0 Å². The molecule has 0 aromatic heterocycles. The molecular weight excluding hydrogens is 234 g/mol.